The van der Waals surface area contributed by atoms with E-state index in [9.17, 15) is 5.11 Å². The second-order valence-electron chi connectivity index (χ2n) is 13.6. The number of nitrogens with zero attached hydrogens (tertiary/aromatic N) is 6. The number of likely N-dealkylation sites (tertiary alicyclic amines) is 1. The fourth-order valence-electron chi connectivity index (χ4n) is 6.80. The van der Waals surface area contributed by atoms with Gasteiger partial charge in [0.2, 0.25) is 0 Å². The van der Waals surface area contributed by atoms with Crippen LogP contribution in [0.25, 0.3) is 16.8 Å². The van der Waals surface area contributed by atoms with Crippen LogP contribution in [0.3, 0.4) is 0 Å². The predicted octanol–water partition coefficient (Wildman–Crippen LogP) is 7.87. The van der Waals surface area contributed by atoms with Crippen molar-refractivity contribution >= 4 is 11.5 Å². The molecular formula is C43H48N6O4. The van der Waals surface area contributed by atoms with Gasteiger partial charge >= 0.3 is 6.01 Å². The van der Waals surface area contributed by atoms with Crippen molar-refractivity contribution in [2.75, 3.05) is 38.8 Å². The molecule has 1 aliphatic heterocycles. The van der Waals surface area contributed by atoms with Crippen molar-refractivity contribution < 1.29 is 19.3 Å². The third kappa shape index (κ3) is 8.62. The van der Waals surface area contributed by atoms with Crippen LogP contribution in [0.2, 0.25) is 0 Å². The van der Waals surface area contributed by atoms with Gasteiger partial charge < -0.3 is 24.2 Å². The summed E-state index contributed by atoms with van der Waals surface area (Å²) in [5.74, 6) is 2.17. The number of methoxy groups -OCH3 is 2. The maximum absolute atomic E-state index is 12.0. The molecular weight excluding hydrogens is 665 g/mol. The summed E-state index contributed by atoms with van der Waals surface area (Å²) < 4.78 is 18.6. The van der Waals surface area contributed by atoms with Gasteiger partial charge in [0, 0.05) is 19.6 Å². The van der Waals surface area contributed by atoms with E-state index >= 15 is 0 Å². The highest BCUT2D eigenvalue weighted by Gasteiger charge is 2.24. The minimum Gasteiger partial charge on any atom is -0.497 e. The summed E-state index contributed by atoms with van der Waals surface area (Å²) in [5.41, 5.74) is 7.38. The second-order valence-corrected chi connectivity index (χ2v) is 13.6. The molecule has 274 valence electrons. The largest absolute Gasteiger partial charge is 0.497 e. The van der Waals surface area contributed by atoms with Crippen LogP contribution in [0.5, 0.6) is 17.5 Å². The van der Waals surface area contributed by atoms with E-state index < -0.39 is 6.10 Å². The number of unbranched alkanes of at least 4 members (excludes halogenated alkanes) is 1. The van der Waals surface area contributed by atoms with Gasteiger partial charge in [-0.15, -0.1) is 5.10 Å². The van der Waals surface area contributed by atoms with Crippen LogP contribution < -0.4 is 19.1 Å². The molecule has 2 aromatic heterocycles. The van der Waals surface area contributed by atoms with Gasteiger partial charge in [-0.3, -0.25) is 4.90 Å². The van der Waals surface area contributed by atoms with Gasteiger partial charge in [-0.25, -0.2) is 9.50 Å². The van der Waals surface area contributed by atoms with Crippen molar-refractivity contribution in [3.8, 4) is 28.6 Å². The molecule has 53 heavy (non-hydrogen) atoms. The van der Waals surface area contributed by atoms with Crippen molar-refractivity contribution in [2.24, 2.45) is 0 Å². The number of hydrogen-bond donors (Lipinski definition) is 1. The first-order valence-electron chi connectivity index (χ1n) is 18.5. The summed E-state index contributed by atoms with van der Waals surface area (Å²) in [6.45, 7) is 6.98. The molecule has 7 rings (SSSR count). The van der Waals surface area contributed by atoms with Crippen molar-refractivity contribution in [1.82, 2.24) is 24.5 Å². The van der Waals surface area contributed by atoms with Crippen molar-refractivity contribution in [3.63, 3.8) is 0 Å². The van der Waals surface area contributed by atoms with Gasteiger partial charge in [0.25, 0.3) is 0 Å². The smallest absolute Gasteiger partial charge is 0.336 e. The Morgan fingerprint density at radius 1 is 0.792 bits per heavy atom. The summed E-state index contributed by atoms with van der Waals surface area (Å²) >= 11 is 0. The SMILES string of the molecule is CCCCOc1nc(N(Cc2ccc(OC)cc2)Cc2ccc(OC)cc2)c2ncc(C(O)c3cccc(-c4ccc(CN5CCCC5)cc4)c3)n2n1. The molecule has 10 nitrogen and oxygen atoms in total. The maximum Gasteiger partial charge on any atom is 0.336 e. The van der Waals surface area contributed by atoms with Crippen molar-refractivity contribution in [3.05, 3.63) is 131 Å². The molecule has 0 amide bonds. The Bertz CT molecular complexity index is 2030. The average molecular weight is 713 g/mol. The van der Waals surface area contributed by atoms with E-state index in [-0.39, 0.29) is 6.01 Å². The highest BCUT2D eigenvalue weighted by molar-refractivity contribution is 5.67. The van der Waals surface area contributed by atoms with E-state index in [1.165, 1.54) is 31.5 Å². The van der Waals surface area contributed by atoms with E-state index in [1.807, 2.05) is 66.7 Å². The third-order valence-corrected chi connectivity index (χ3v) is 9.82. The van der Waals surface area contributed by atoms with Crippen molar-refractivity contribution in [2.45, 2.75) is 58.3 Å². The molecule has 1 saturated heterocycles. The fourth-order valence-corrected chi connectivity index (χ4v) is 6.80. The molecule has 10 heteroatoms. The average Bonchev–Trinajstić information content (AvgIpc) is 3.88. The fraction of sp³-hybridized carbons (Fsp3) is 0.326. The molecule has 4 aromatic carbocycles. The Morgan fingerprint density at radius 2 is 1.43 bits per heavy atom. The van der Waals surface area contributed by atoms with Crippen LogP contribution in [-0.2, 0) is 19.6 Å². The Labute approximate surface area is 311 Å². The minimum absolute atomic E-state index is 0.227. The highest BCUT2D eigenvalue weighted by Crippen LogP contribution is 2.32. The van der Waals surface area contributed by atoms with E-state index in [0.717, 1.165) is 58.7 Å². The number of anilines is 1. The van der Waals surface area contributed by atoms with Crippen LogP contribution in [0, 0.1) is 0 Å². The molecule has 0 aliphatic carbocycles. The highest BCUT2D eigenvalue weighted by atomic mass is 16.5. The zero-order valence-electron chi connectivity index (χ0n) is 30.8. The third-order valence-electron chi connectivity index (χ3n) is 9.82. The van der Waals surface area contributed by atoms with E-state index in [1.54, 1.807) is 24.9 Å². The zero-order valence-corrected chi connectivity index (χ0v) is 30.8. The standard InChI is InChI=1S/C43H48N6O4/c1-4-5-25-53-43-45-42(48(29-32-13-19-37(51-2)20-14-32)30-33-15-21-38(52-3)22-16-33)41-44-27-39(49(41)46-43)40(50)36-10-8-9-35(26-36)34-17-11-31(12-18-34)28-47-23-6-7-24-47/h8-22,26-27,40,50H,4-7,23-25,28-30H2,1-3H3. The van der Waals surface area contributed by atoms with Crippen LogP contribution in [0.1, 0.15) is 66.7 Å². The van der Waals surface area contributed by atoms with Crippen LogP contribution >= 0.6 is 0 Å². The Balaban J connectivity index is 1.23. The quantitative estimate of drug-likeness (QED) is 0.101. The first-order chi connectivity index (χ1) is 26.0. The zero-order chi connectivity index (χ0) is 36.6. The molecule has 0 saturated carbocycles. The molecule has 1 unspecified atom stereocenters. The van der Waals surface area contributed by atoms with E-state index in [4.69, 9.17) is 29.3 Å². The number of ether oxygens (including phenoxy) is 3. The number of hydrogen-bond acceptors (Lipinski definition) is 9. The summed E-state index contributed by atoms with van der Waals surface area (Å²) in [6.07, 6.45) is 5.10. The molecule has 0 radical (unpaired) electrons. The lowest BCUT2D eigenvalue weighted by atomic mass is 9.99. The van der Waals surface area contributed by atoms with Gasteiger partial charge in [0.1, 0.15) is 17.6 Å². The molecule has 6 aromatic rings. The number of imidazole rings is 1. The van der Waals surface area contributed by atoms with Crippen LogP contribution in [0.4, 0.5) is 5.82 Å². The molecule has 0 bridgehead atoms. The van der Waals surface area contributed by atoms with Gasteiger partial charge in [0.05, 0.1) is 32.7 Å². The number of benzene rings is 4. The lowest BCUT2D eigenvalue weighted by molar-refractivity contribution is 0.211. The second kappa shape index (κ2) is 16.9. The first-order valence-corrected chi connectivity index (χ1v) is 18.5. The predicted molar refractivity (Wildman–Crippen MR) is 208 cm³/mol. The number of rotatable bonds is 16. The number of aliphatic hydroxyl groups excluding tert-OH is 1. The lowest BCUT2D eigenvalue weighted by Crippen LogP contribution is -2.25. The number of fused-ring (bicyclic) bond motifs is 1. The maximum atomic E-state index is 12.0. The number of aromatic nitrogens is 4. The van der Waals surface area contributed by atoms with E-state index in [0.29, 0.717) is 36.9 Å². The Morgan fingerprint density at radius 3 is 2.06 bits per heavy atom. The Kier molecular flexibility index (Phi) is 11.5. The molecule has 1 atom stereocenters. The summed E-state index contributed by atoms with van der Waals surface area (Å²) in [7, 11) is 3.33. The van der Waals surface area contributed by atoms with Gasteiger partial charge in [-0.2, -0.15) is 4.98 Å². The summed E-state index contributed by atoms with van der Waals surface area (Å²) in [4.78, 5) is 14.4. The van der Waals surface area contributed by atoms with Crippen LogP contribution in [-0.4, -0.2) is 63.5 Å². The molecule has 0 spiro atoms. The topological polar surface area (TPSA) is 97.5 Å². The van der Waals surface area contributed by atoms with Gasteiger partial charge in [-0.05, 0) is 96.1 Å². The summed E-state index contributed by atoms with van der Waals surface area (Å²) in [5, 5.41) is 16.7. The monoisotopic (exact) mass is 712 g/mol. The Hall–Kier alpha value is -5.45. The normalized spacial score (nSPS) is 13.7. The molecule has 1 aliphatic rings. The van der Waals surface area contributed by atoms with E-state index in [2.05, 4.69) is 47.1 Å². The molecule has 3 heterocycles. The lowest BCUT2D eigenvalue weighted by Gasteiger charge is -2.25. The first kappa shape index (κ1) is 35.9. The van der Waals surface area contributed by atoms with Crippen molar-refractivity contribution in [1.29, 1.82) is 0 Å². The molecule has 1 N–H and O–H groups in total. The minimum atomic E-state index is -0.998. The number of aliphatic hydroxyl groups is 1. The van der Waals surface area contributed by atoms with Gasteiger partial charge in [0.15, 0.2) is 11.5 Å². The van der Waals surface area contributed by atoms with Crippen LogP contribution in [0.15, 0.2) is 103 Å². The molecule has 1 fully saturated rings. The van der Waals surface area contributed by atoms with Gasteiger partial charge in [-0.1, -0.05) is 80.1 Å². The summed E-state index contributed by atoms with van der Waals surface area (Å²) in [6, 6.07) is 33.1.